The maximum atomic E-state index is 10.4. The first-order valence-corrected chi connectivity index (χ1v) is 15.4. The molecule has 0 aromatic carbocycles. The maximum Gasteiger partial charge on any atom is 0.303 e. The van der Waals surface area contributed by atoms with Crippen molar-refractivity contribution in [1.29, 1.82) is 0 Å². The van der Waals surface area contributed by atoms with E-state index in [0.29, 0.717) is 6.42 Å². The summed E-state index contributed by atoms with van der Waals surface area (Å²) in [4.78, 5) is 10.4. The molecule has 0 bridgehead atoms. The van der Waals surface area contributed by atoms with Crippen molar-refractivity contribution < 1.29 is 9.90 Å². The van der Waals surface area contributed by atoms with Crippen LogP contribution in [0.15, 0.2) is 0 Å². The van der Waals surface area contributed by atoms with Crippen LogP contribution in [0.25, 0.3) is 0 Å². The minimum atomic E-state index is -0.649. The molecule has 0 fully saturated rings. The Hall–Kier alpha value is -0.530. The first-order valence-electron chi connectivity index (χ1n) is 15.4. The molecule has 0 aliphatic rings. The minimum absolute atomic E-state index is 0.346. The summed E-state index contributed by atoms with van der Waals surface area (Å²) >= 11 is 0. The van der Waals surface area contributed by atoms with Crippen molar-refractivity contribution in [2.75, 3.05) is 0 Å². The molecule has 1 atom stereocenters. The largest absolute Gasteiger partial charge is 0.481 e. The monoisotopic (exact) mass is 466 g/mol. The highest BCUT2D eigenvalue weighted by molar-refractivity contribution is 5.66. The molecule has 0 radical (unpaired) electrons. The molecular weight excluding hydrogens is 404 g/mol. The van der Waals surface area contributed by atoms with Crippen LogP contribution in [0.4, 0.5) is 0 Å². The molecule has 0 saturated heterocycles. The lowest BCUT2D eigenvalue weighted by atomic mass is 9.99. The predicted molar refractivity (Wildman–Crippen MR) is 147 cm³/mol. The average molecular weight is 467 g/mol. The standard InChI is InChI=1S/C31H62O2/c1-3-30(2)28-26-24-22-20-18-16-14-12-10-8-6-4-5-7-9-11-13-15-17-19-21-23-25-27-29-31(32)33/h30H,3-29H2,1-2H3,(H,32,33). The summed E-state index contributed by atoms with van der Waals surface area (Å²) in [7, 11) is 0. The fraction of sp³-hybridized carbons (Fsp3) is 0.968. The van der Waals surface area contributed by atoms with Crippen molar-refractivity contribution in [3.05, 3.63) is 0 Å². The summed E-state index contributed by atoms with van der Waals surface area (Å²) < 4.78 is 0. The van der Waals surface area contributed by atoms with E-state index < -0.39 is 5.97 Å². The Morgan fingerprint density at radius 3 is 0.970 bits per heavy atom. The van der Waals surface area contributed by atoms with Gasteiger partial charge in [-0.05, 0) is 12.3 Å². The van der Waals surface area contributed by atoms with Crippen LogP contribution in [0, 0.1) is 5.92 Å². The van der Waals surface area contributed by atoms with Crippen LogP contribution >= 0.6 is 0 Å². The van der Waals surface area contributed by atoms with E-state index in [1.165, 1.54) is 154 Å². The molecule has 0 aliphatic carbocycles. The molecule has 0 spiro atoms. The number of hydrogen-bond donors (Lipinski definition) is 1. The second kappa shape index (κ2) is 27.7. The third-order valence-corrected chi connectivity index (χ3v) is 7.53. The van der Waals surface area contributed by atoms with Crippen molar-refractivity contribution in [2.45, 2.75) is 187 Å². The van der Waals surface area contributed by atoms with E-state index in [-0.39, 0.29) is 0 Å². The molecule has 0 amide bonds. The van der Waals surface area contributed by atoms with Crippen LogP contribution in [0.3, 0.4) is 0 Å². The van der Waals surface area contributed by atoms with Crippen LogP contribution in [-0.4, -0.2) is 11.1 Å². The highest BCUT2D eigenvalue weighted by Crippen LogP contribution is 2.17. The lowest BCUT2D eigenvalue weighted by Gasteiger charge is -2.07. The normalized spacial score (nSPS) is 12.3. The van der Waals surface area contributed by atoms with Crippen LogP contribution in [-0.2, 0) is 4.79 Å². The smallest absolute Gasteiger partial charge is 0.303 e. The van der Waals surface area contributed by atoms with E-state index >= 15 is 0 Å². The fourth-order valence-corrected chi connectivity index (χ4v) is 4.86. The summed E-state index contributed by atoms with van der Waals surface area (Å²) in [5.41, 5.74) is 0. The van der Waals surface area contributed by atoms with Crippen LogP contribution in [0.5, 0.6) is 0 Å². The number of rotatable bonds is 28. The second-order valence-electron chi connectivity index (χ2n) is 10.9. The van der Waals surface area contributed by atoms with Gasteiger partial charge in [0.15, 0.2) is 0 Å². The first kappa shape index (κ1) is 32.5. The van der Waals surface area contributed by atoms with Gasteiger partial charge < -0.3 is 5.11 Å². The molecule has 2 heteroatoms. The van der Waals surface area contributed by atoms with Gasteiger partial charge in [0.1, 0.15) is 0 Å². The van der Waals surface area contributed by atoms with Gasteiger partial charge in [0.05, 0.1) is 0 Å². The van der Waals surface area contributed by atoms with E-state index in [1.54, 1.807) is 0 Å². The minimum Gasteiger partial charge on any atom is -0.481 e. The number of hydrogen-bond acceptors (Lipinski definition) is 1. The zero-order valence-electron chi connectivity index (χ0n) is 23.0. The van der Waals surface area contributed by atoms with Gasteiger partial charge in [-0.25, -0.2) is 0 Å². The van der Waals surface area contributed by atoms with Crippen molar-refractivity contribution in [1.82, 2.24) is 0 Å². The van der Waals surface area contributed by atoms with Crippen LogP contribution in [0.2, 0.25) is 0 Å². The van der Waals surface area contributed by atoms with Gasteiger partial charge in [-0.1, -0.05) is 174 Å². The Morgan fingerprint density at radius 1 is 0.485 bits per heavy atom. The predicted octanol–water partition coefficient (Wildman–Crippen LogP) is 11.3. The van der Waals surface area contributed by atoms with E-state index in [1.807, 2.05) is 0 Å². The van der Waals surface area contributed by atoms with Crippen molar-refractivity contribution >= 4 is 5.97 Å². The van der Waals surface area contributed by atoms with Gasteiger partial charge in [0, 0.05) is 6.42 Å². The molecule has 0 heterocycles. The van der Waals surface area contributed by atoms with E-state index in [2.05, 4.69) is 13.8 Å². The zero-order chi connectivity index (χ0) is 24.2. The van der Waals surface area contributed by atoms with Crippen molar-refractivity contribution in [2.24, 2.45) is 5.92 Å². The number of unbranched alkanes of at least 4 members (excludes halogenated alkanes) is 23. The summed E-state index contributed by atoms with van der Waals surface area (Å²) in [5.74, 6) is 0.288. The quantitative estimate of drug-likeness (QED) is 0.116. The summed E-state index contributed by atoms with van der Waals surface area (Å²) in [6, 6.07) is 0. The van der Waals surface area contributed by atoms with Gasteiger partial charge in [-0.15, -0.1) is 0 Å². The van der Waals surface area contributed by atoms with E-state index in [4.69, 9.17) is 5.11 Å². The fourth-order valence-electron chi connectivity index (χ4n) is 4.86. The molecule has 33 heavy (non-hydrogen) atoms. The van der Waals surface area contributed by atoms with Gasteiger partial charge in [0.2, 0.25) is 0 Å². The molecule has 1 N–H and O–H groups in total. The molecule has 2 nitrogen and oxygen atoms in total. The van der Waals surface area contributed by atoms with Gasteiger partial charge in [-0.3, -0.25) is 4.79 Å². The highest BCUT2D eigenvalue weighted by atomic mass is 16.4. The molecule has 0 aliphatic heterocycles. The average Bonchev–Trinajstić information content (AvgIpc) is 2.80. The highest BCUT2D eigenvalue weighted by Gasteiger charge is 1.99. The molecular formula is C31H62O2. The number of carboxylic acids is 1. The summed E-state index contributed by atoms with van der Waals surface area (Å²) in [5, 5.41) is 8.61. The molecule has 0 saturated carbocycles. The Morgan fingerprint density at radius 2 is 0.727 bits per heavy atom. The number of aliphatic carboxylic acids is 1. The Kier molecular flexibility index (Phi) is 27.3. The summed E-state index contributed by atoms with van der Waals surface area (Å²) in [6.45, 7) is 4.71. The molecule has 0 aromatic heterocycles. The van der Waals surface area contributed by atoms with Crippen LogP contribution in [0.1, 0.15) is 187 Å². The van der Waals surface area contributed by atoms with Crippen molar-refractivity contribution in [3.8, 4) is 0 Å². The summed E-state index contributed by atoms with van der Waals surface area (Å²) in [6.07, 6.45) is 36.4. The van der Waals surface area contributed by atoms with Crippen molar-refractivity contribution in [3.63, 3.8) is 0 Å². The Labute approximate surface area is 209 Å². The molecule has 0 rings (SSSR count). The lowest BCUT2D eigenvalue weighted by molar-refractivity contribution is -0.137. The second-order valence-corrected chi connectivity index (χ2v) is 10.9. The third-order valence-electron chi connectivity index (χ3n) is 7.53. The third kappa shape index (κ3) is 29.4. The Bertz CT molecular complexity index is 379. The molecule has 1 unspecified atom stereocenters. The van der Waals surface area contributed by atoms with E-state index in [0.717, 1.165) is 18.8 Å². The zero-order valence-corrected chi connectivity index (χ0v) is 23.0. The molecule has 198 valence electrons. The number of carbonyl (C=O) groups is 1. The maximum absolute atomic E-state index is 10.4. The van der Waals surface area contributed by atoms with Gasteiger partial charge >= 0.3 is 5.97 Å². The molecule has 0 aromatic rings. The van der Waals surface area contributed by atoms with E-state index in [9.17, 15) is 4.79 Å². The Balaban J connectivity index is 3.03. The topological polar surface area (TPSA) is 37.3 Å². The van der Waals surface area contributed by atoms with Gasteiger partial charge in [-0.2, -0.15) is 0 Å². The lowest BCUT2D eigenvalue weighted by Crippen LogP contribution is -1.93. The number of carboxylic acid groups (broad SMARTS) is 1. The first-order chi connectivity index (χ1) is 16.2. The van der Waals surface area contributed by atoms with Gasteiger partial charge in [0.25, 0.3) is 0 Å². The van der Waals surface area contributed by atoms with Crippen LogP contribution < -0.4 is 0 Å². The SMILES string of the molecule is CCC(C)CCCCCCCCCCCCCCCCCCCCCCCCCCC(=O)O.